The van der Waals surface area contributed by atoms with Crippen molar-refractivity contribution in [2.45, 2.75) is 197 Å². The van der Waals surface area contributed by atoms with Gasteiger partial charge in [0.25, 0.3) is 0 Å². The number of allylic oxidation sites excluding steroid dienone is 14. The third-order valence-electron chi connectivity index (χ3n) is 10.9. The summed E-state index contributed by atoms with van der Waals surface area (Å²) in [4.78, 5) is 25.6. The molecule has 2 fully saturated rings. The standard InChI is InChI=1S/C51H82O15/c1-3-5-7-9-11-13-15-16-17-18-19-20-21-22-24-25-27-29-31-33-42(53)61-36-39(64-43(54)34-32-30-28-26-23-14-12-10-8-6-4-2)37-62-50-49(60)47(58)45(56)41(66-50)38-63-51-48(59)46(57)44(55)40(35-52)65-51/h5,7,10-13,16-17,19-20,22,24,27,29,39-41,44-52,55-60H,3-4,6,8-9,14-15,18,21,23,25-26,28,30-38H2,1-2H3/b7-5+,12-10+,13-11+,17-16+,20-19+,24-22+,29-27+/t39-,40+,41+,44-,45-,46?,47?,48?,49?,50+,51+/m0/s1. The Morgan fingerprint density at radius 2 is 0.985 bits per heavy atom. The first kappa shape index (κ1) is 58.8. The number of ether oxygens (including phenoxy) is 6. The van der Waals surface area contributed by atoms with Crippen molar-refractivity contribution in [2.24, 2.45) is 0 Å². The minimum absolute atomic E-state index is 0.0862. The number of carbonyl (C=O) groups is 2. The van der Waals surface area contributed by atoms with E-state index < -0.39 is 99.3 Å². The molecule has 0 aromatic heterocycles. The Hall–Kier alpha value is -3.32. The maximum absolute atomic E-state index is 12.9. The van der Waals surface area contributed by atoms with E-state index in [2.05, 4.69) is 86.8 Å². The summed E-state index contributed by atoms with van der Waals surface area (Å²) >= 11 is 0. The average Bonchev–Trinajstić information content (AvgIpc) is 3.31. The van der Waals surface area contributed by atoms with Gasteiger partial charge in [-0.15, -0.1) is 0 Å². The van der Waals surface area contributed by atoms with Crippen LogP contribution in [0.25, 0.3) is 0 Å². The highest BCUT2D eigenvalue weighted by Gasteiger charge is 2.47. The molecule has 0 radical (unpaired) electrons. The molecule has 2 aliphatic heterocycles. The van der Waals surface area contributed by atoms with Crippen LogP contribution >= 0.6 is 0 Å². The lowest BCUT2D eigenvalue weighted by molar-refractivity contribution is -0.332. The molecule has 11 atom stereocenters. The van der Waals surface area contributed by atoms with Gasteiger partial charge >= 0.3 is 11.9 Å². The lowest BCUT2D eigenvalue weighted by Crippen LogP contribution is -2.61. The molecule has 2 heterocycles. The summed E-state index contributed by atoms with van der Waals surface area (Å²) < 4.78 is 33.4. The molecule has 2 aliphatic rings. The van der Waals surface area contributed by atoms with Crippen molar-refractivity contribution in [3.05, 3.63) is 85.1 Å². The topological polar surface area (TPSA) is 231 Å². The van der Waals surface area contributed by atoms with Crippen LogP contribution in [0.4, 0.5) is 0 Å². The minimum Gasteiger partial charge on any atom is -0.462 e. The zero-order chi connectivity index (χ0) is 48.2. The zero-order valence-corrected chi connectivity index (χ0v) is 39.4. The highest BCUT2D eigenvalue weighted by atomic mass is 16.7. The number of aliphatic hydroxyl groups is 7. The van der Waals surface area contributed by atoms with Crippen molar-refractivity contribution in [1.82, 2.24) is 0 Å². The summed E-state index contributed by atoms with van der Waals surface area (Å²) in [5.41, 5.74) is 0. The minimum atomic E-state index is -1.78. The van der Waals surface area contributed by atoms with Crippen LogP contribution in [-0.4, -0.2) is 142 Å². The molecule has 0 aliphatic carbocycles. The van der Waals surface area contributed by atoms with Crippen molar-refractivity contribution in [3.63, 3.8) is 0 Å². The Kier molecular flexibility index (Phi) is 33.5. The van der Waals surface area contributed by atoms with Crippen LogP contribution in [0, 0.1) is 0 Å². The maximum Gasteiger partial charge on any atom is 0.306 e. The van der Waals surface area contributed by atoms with E-state index in [-0.39, 0.29) is 19.4 Å². The number of carbonyl (C=O) groups excluding carboxylic acids is 2. The molecule has 0 aromatic rings. The molecular weight excluding hydrogens is 853 g/mol. The second-order valence-corrected chi connectivity index (χ2v) is 16.5. The van der Waals surface area contributed by atoms with E-state index in [0.717, 1.165) is 77.0 Å². The molecule has 7 N–H and O–H groups in total. The van der Waals surface area contributed by atoms with Gasteiger partial charge in [0.05, 0.1) is 19.8 Å². The van der Waals surface area contributed by atoms with E-state index in [0.29, 0.717) is 12.8 Å². The van der Waals surface area contributed by atoms with Crippen molar-refractivity contribution in [2.75, 3.05) is 26.4 Å². The Balaban J connectivity index is 1.86. The quantitative estimate of drug-likeness (QED) is 0.0218. The smallest absolute Gasteiger partial charge is 0.306 e. The Morgan fingerprint density at radius 1 is 0.500 bits per heavy atom. The molecule has 0 saturated carbocycles. The van der Waals surface area contributed by atoms with Gasteiger partial charge in [0.15, 0.2) is 18.7 Å². The van der Waals surface area contributed by atoms with Crippen LogP contribution in [0.1, 0.15) is 129 Å². The van der Waals surface area contributed by atoms with E-state index >= 15 is 0 Å². The van der Waals surface area contributed by atoms with Gasteiger partial charge in [0.1, 0.15) is 55.4 Å². The summed E-state index contributed by atoms with van der Waals surface area (Å²) in [6.45, 7) is 2.31. The van der Waals surface area contributed by atoms with Crippen LogP contribution in [0.2, 0.25) is 0 Å². The summed E-state index contributed by atoms with van der Waals surface area (Å²) in [6.07, 6.45) is 27.8. The summed E-state index contributed by atoms with van der Waals surface area (Å²) in [6, 6.07) is 0. The van der Waals surface area contributed by atoms with Gasteiger partial charge in [-0.2, -0.15) is 0 Å². The van der Waals surface area contributed by atoms with E-state index in [1.165, 1.54) is 12.8 Å². The molecular formula is C51H82O15. The first-order valence-electron chi connectivity index (χ1n) is 24.2. The molecule has 4 unspecified atom stereocenters. The predicted molar refractivity (Wildman–Crippen MR) is 252 cm³/mol. The van der Waals surface area contributed by atoms with Crippen LogP contribution in [0.3, 0.4) is 0 Å². The molecule has 15 nitrogen and oxygen atoms in total. The van der Waals surface area contributed by atoms with Crippen molar-refractivity contribution in [3.8, 4) is 0 Å². The fourth-order valence-corrected chi connectivity index (χ4v) is 6.87. The number of hydrogen-bond acceptors (Lipinski definition) is 15. The lowest BCUT2D eigenvalue weighted by Gasteiger charge is -2.42. The van der Waals surface area contributed by atoms with Crippen molar-refractivity contribution < 1.29 is 73.8 Å². The highest BCUT2D eigenvalue weighted by Crippen LogP contribution is 2.26. The number of rotatable bonds is 35. The maximum atomic E-state index is 12.9. The summed E-state index contributed by atoms with van der Waals surface area (Å²) in [5, 5.41) is 71.9. The molecule has 15 heteroatoms. The van der Waals surface area contributed by atoms with Crippen LogP contribution < -0.4 is 0 Å². The molecule has 2 saturated heterocycles. The van der Waals surface area contributed by atoms with Gasteiger partial charge < -0.3 is 64.2 Å². The van der Waals surface area contributed by atoms with E-state index in [1.807, 2.05) is 12.2 Å². The predicted octanol–water partition coefficient (Wildman–Crippen LogP) is 6.04. The number of esters is 2. The van der Waals surface area contributed by atoms with Gasteiger partial charge in [0.2, 0.25) is 0 Å². The second-order valence-electron chi connectivity index (χ2n) is 16.5. The molecule has 0 spiro atoms. The molecule has 0 aromatic carbocycles. The van der Waals surface area contributed by atoms with Gasteiger partial charge in [-0.1, -0.05) is 131 Å². The van der Waals surface area contributed by atoms with E-state index in [1.54, 1.807) is 0 Å². The monoisotopic (exact) mass is 935 g/mol. The third-order valence-corrected chi connectivity index (χ3v) is 10.9. The van der Waals surface area contributed by atoms with E-state index in [9.17, 15) is 45.3 Å². The fourth-order valence-electron chi connectivity index (χ4n) is 6.87. The van der Waals surface area contributed by atoms with Gasteiger partial charge in [-0.05, 0) is 70.6 Å². The number of hydrogen-bond donors (Lipinski definition) is 7. The number of aliphatic hydroxyl groups excluding tert-OH is 7. The first-order valence-corrected chi connectivity index (χ1v) is 24.2. The van der Waals surface area contributed by atoms with Crippen molar-refractivity contribution >= 4 is 11.9 Å². The summed E-state index contributed by atoms with van der Waals surface area (Å²) in [5.74, 6) is -1.04. The number of unbranched alkanes of at least 4 members (excludes halogenated alkanes) is 7. The highest BCUT2D eigenvalue weighted by molar-refractivity contribution is 5.70. The largest absolute Gasteiger partial charge is 0.462 e. The van der Waals surface area contributed by atoms with Gasteiger partial charge in [-0.3, -0.25) is 9.59 Å². The second kappa shape index (κ2) is 37.6. The summed E-state index contributed by atoms with van der Waals surface area (Å²) in [7, 11) is 0. The Bertz CT molecular complexity index is 1470. The molecule has 0 amide bonds. The van der Waals surface area contributed by atoms with Gasteiger partial charge in [0, 0.05) is 12.8 Å². The van der Waals surface area contributed by atoms with Crippen LogP contribution in [-0.2, 0) is 38.0 Å². The van der Waals surface area contributed by atoms with Crippen LogP contribution in [0.15, 0.2) is 85.1 Å². The third kappa shape index (κ3) is 25.7. The lowest BCUT2D eigenvalue weighted by atomic mass is 9.98. The molecule has 66 heavy (non-hydrogen) atoms. The Morgan fingerprint density at radius 3 is 1.56 bits per heavy atom. The van der Waals surface area contributed by atoms with Gasteiger partial charge in [-0.25, -0.2) is 0 Å². The zero-order valence-electron chi connectivity index (χ0n) is 39.4. The first-order chi connectivity index (χ1) is 32.0. The fraction of sp³-hybridized carbons (Fsp3) is 0.686. The Labute approximate surface area is 393 Å². The molecule has 376 valence electrons. The normalized spacial score (nSPS) is 26.9. The molecule has 0 bridgehead atoms. The molecule has 2 rings (SSSR count). The van der Waals surface area contributed by atoms with Crippen LogP contribution in [0.5, 0.6) is 0 Å². The van der Waals surface area contributed by atoms with E-state index in [4.69, 9.17) is 28.4 Å². The van der Waals surface area contributed by atoms with Crippen molar-refractivity contribution in [1.29, 1.82) is 0 Å². The average molecular weight is 935 g/mol. The SMILES string of the molecule is CC/C=C/C/C=C/C/C=C/C/C=C/C/C=C/C/C=C/CCC(=O)OC[C@@H](CO[C@@H]1O[C@H](CO[C@@H]2O[C@H](CO)[C@H](O)C(O)C2O)[C@H](O)C(O)C1O)OC(=O)CCCCCCC/C=C/CCCC.